The van der Waals surface area contributed by atoms with E-state index in [0.29, 0.717) is 21.5 Å². The molecule has 0 radical (unpaired) electrons. The molecule has 6 nitrogen and oxygen atoms in total. The Morgan fingerprint density at radius 3 is 2.39 bits per heavy atom. The van der Waals surface area contributed by atoms with Crippen LogP contribution in [0.5, 0.6) is 5.75 Å². The van der Waals surface area contributed by atoms with Crippen molar-refractivity contribution in [3.63, 3.8) is 0 Å². The Kier molecular flexibility index (Phi) is 5.77. The van der Waals surface area contributed by atoms with Gasteiger partial charge >= 0.3 is 0 Å². The molecule has 0 saturated carbocycles. The average Bonchev–Trinajstić information content (AvgIpc) is 3.11. The van der Waals surface area contributed by atoms with Gasteiger partial charge in [-0.2, -0.15) is 0 Å². The fourth-order valence-corrected chi connectivity index (χ4v) is 5.48. The summed E-state index contributed by atoms with van der Waals surface area (Å²) in [6, 6.07) is 16.9. The Morgan fingerprint density at radius 1 is 1.13 bits per heavy atom. The fraction of sp³-hybridized carbons (Fsp3) is 0.174. The number of sulfonamides is 1. The van der Waals surface area contributed by atoms with Crippen molar-refractivity contribution >= 4 is 37.4 Å². The Balaban J connectivity index is 1.78. The van der Waals surface area contributed by atoms with E-state index in [2.05, 4.69) is 25.8 Å². The number of ether oxygens (including phenoxy) is 1. The number of anilines is 1. The number of hydrogen-bond acceptors (Lipinski definition) is 5. The van der Waals surface area contributed by atoms with Crippen molar-refractivity contribution in [1.82, 2.24) is 5.16 Å². The second-order valence-corrected chi connectivity index (χ2v) is 9.93. The number of allylic oxidation sites excluding steroid dienone is 3. The van der Waals surface area contributed by atoms with Crippen LogP contribution in [-0.4, -0.2) is 20.7 Å². The number of aromatic nitrogens is 1. The summed E-state index contributed by atoms with van der Waals surface area (Å²) in [4.78, 5) is 0. The molecule has 1 unspecified atom stereocenters. The first-order valence-electron chi connectivity index (χ1n) is 9.60. The van der Waals surface area contributed by atoms with Crippen LogP contribution in [0.1, 0.15) is 23.2 Å². The first-order chi connectivity index (χ1) is 14.9. The number of aryl methyl sites for hydroxylation is 1. The molecular weight excluding hydrogens is 480 g/mol. The normalized spacial score (nSPS) is 18.5. The van der Waals surface area contributed by atoms with Gasteiger partial charge in [0.1, 0.15) is 15.0 Å². The number of nitrogens with zero attached hydrogens (tertiary/aromatic N) is 1. The first kappa shape index (κ1) is 21.4. The second kappa shape index (κ2) is 8.36. The smallest absolute Gasteiger partial charge is 0.252 e. The topological polar surface area (TPSA) is 81.4 Å². The van der Waals surface area contributed by atoms with E-state index in [1.807, 2.05) is 42.5 Å². The SMILES string of the molecule is COc1ccc(C2(S(=O)(=O)Nc3onc(C)c3Br)C=CC(c3ccccc3)=CC2)cc1. The van der Waals surface area contributed by atoms with E-state index in [1.165, 1.54) is 0 Å². The van der Waals surface area contributed by atoms with Crippen molar-refractivity contribution < 1.29 is 17.7 Å². The Hall–Kier alpha value is -2.84. The monoisotopic (exact) mass is 500 g/mol. The molecule has 1 aliphatic carbocycles. The molecule has 0 aliphatic heterocycles. The lowest BCUT2D eigenvalue weighted by atomic mass is 9.87. The number of methoxy groups -OCH3 is 1. The molecule has 3 aromatic rings. The minimum Gasteiger partial charge on any atom is -0.497 e. The summed E-state index contributed by atoms with van der Waals surface area (Å²) in [5.41, 5.74) is 3.17. The molecule has 0 saturated heterocycles. The van der Waals surface area contributed by atoms with Crippen molar-refractivity contribution in [3.8, 4) is 5.75 Å². The molecule has 1 aliphatic rings. The zero-order valence-corrected chi connectivity index (χ0v) is 19.4. The van der Waals surface area contributed by atoms with Crippen LogP contribution in [0.15, 0.2) is 81.8 Å². The summed E-state index contributed by atoms with van der Waals surface area (Å²) >= 11 is 3.33. The van der Waals surface area contributed by atoms with Crippen LogP contribution in [0, 0.1) is 6.92 Å². The highest BCUT2D eigenvalue weighted by Crippen LogP contribution is 2.43. The summed E-state index contributed by atoms with van der Waals surface area (Å²) in [5, 5.41) is 3.82. The number of benzene rings is 2. The summed E-state index contributed by atoms with van der Waals surface area (Å²) in [6.45, 7) is 1.72. The highest BCUT2D eigenvalue weighted by molar-refractivity contribution is 9.10. The molecule has 0 amide bonds. The highest BCUT2D eigenvalue weighted by atomic mass is 79.9. The standard InChI is InChI=1S/C23H21BrN2O4S/c1-16-21(24)22(30-25-16)26-31(27,28)23(19-8-10-20(29-2)11-9-19)14-12-18(13-15-23)17-6-4-3-5-7-17/h3-14,26H,15H2,1-2H3. The molecule has 0 fully saturated rings. The van der Waals surface area contributed by atoms with Crippen LogP contribution >= 0.6 is 15.9 Å². The molecule has 1 N–H and O–H groups in total. The van der Waals surface area contributed by atoms with Crippen LogP contribution in [0.2, 0.25) is 0 Å². The van der Waals surface area contributed by atoms with Gasteiger partial charge in [-0.15, -0.1) is 0 Å². The minimum atomic E-state index is -3.97. The first-order valence-corrected chi connectivity index (χ1v) is 11.9. The van der Waals surface area contributed by atoms with E-state index in [9.17, 15) is 8.42 Å². The number of hydrogen-bond donors (Lipinski definition) is 1. The second-order valence-electron chi connectivity index (χ2n) is 7.20. The quantitative estimate of drug-likeness (QED) is 0.487. The van der Waals surface area contributed by atoms with Crippen molar-refractivity contribution in [2.45, 2.75) is 18.1 Å². The third-order valence-corrected chi connectivity index (χ3v) is 8.23. The van der Waals surface area contributed by atoms with E-state index >= 15 is 0 Å². The third-order valence-electron chi connectivity index (χ3n) is 5.34. The van der Waals surface area contributed by atoms with E-state index in [-0.39, 0.29) is 12.3 Å². The van der Waals surface area contributed by atoms with Crippen LogP contribution in [0.4, 0.5) is 5.88 Å². The van der Waals surface area contributed by atoms with Crippen molar-refractivity contribution in [2.24, 2.45) is 0 Å². The lowest BCUT2D eigenvalue weighted by Gasteiger charge is -2.32. The van der Waals surface area contributed by atoms with Gasteiger partial charge in [0.05, 0.1) is 12.8 Å². The fourth-order valence-electron chi connectivity index (χ4n) is 3.54. The number of rotatable bonds is 6. The van der Waals surface area contributed by atoms with E-state index in [4.69, 9.17) is 9.26 Å². The number of nitrogens with one attached hydrogen (secondary N) is 1. The molecule has 2 aromatic carbocycles. The third kappa shape index (κ3) is 3.93. The van der Waals surface area contributed by atoms with Gasteiger partial charge < -0.3 is 9.26 Å². The average molecular weight is 501 g/mol. The van der Waals surface area contributed by atoms with E-state index in [1.54, 1.807) is 44.4 Å². The highest BCUT2D eigenvalue weighted by Gasteiger charge is 2.45. The lowest BCUT2D eigenvalue weighted by molar-refractivity contribution is 0.414. The summed E-state index contributed by atoms with van der Waals surface area (Å²) in [5.74, 6) is 0.704. The van der Waals surface area contributed by atoms with Crippen LogP contribution in [-0.2, 0) is 14.8 Å². The molecule has 4 rings (SSSR count). The van der Waals surface area contributed by atoms with Crippen LogP contribution in [0.3, 0.4) is 0 Å². The van der Waals surface area contributed by atoms with Gasteiger partial charge in [0.25, 0.3) is 5.88 Å². The maximum atomic E-state index is 13.7. The maximum absolute atomic E-state index is 13.7. The van der Waals surface area contributed by atoms with Gasteiger partial charge in [0.2, 0.25) is 10.0 Å². The molecular formula is C23H21BrN2O4S. The minimum absolute atomic E-state index is 0.0524. The predicted molar refractivity (Wildman–Crippen MR) is 124 cm³/mol. The van der Waals surface area contributed by atoms with E-state index < -0.39 is 14.8 Å². The van der Waals surface area contributed by atoms with Gasteiger partial charge in [0.15, 0.2) is 0 Å². The van der Waals surface area contributed by atoms with Gasteiger partial charge in [-0.05, 0) is 58.1 Å². The summed E-state index contributed by atoms with van der Waals surface area (Å²) in [7, 11) is -2.40. The maximum Gasteiger partial charge on any atom is 0.252 e. The zero-order valence-electron chi connectivity index (χ0n) is 17.0. The molecule has 8 heteroatoms. The Labute approximate surface area is 189 Å². The molecule has 1 aromatic heterocycles. The zero-order chi connectivity index (χ0) is 22.1. The number of halogens is 1. The summed E-state index contributed by atoms with van der Waals surface area (Å²) in [6.07, 6.45) is 5.78. The Morgan fingerprint density at radius 2 is 1.84 bits per heavy atom. The van der Waals surface area contributed by atoms with Crippen LogP contribution < -0.4 is 9.46 Å². The Bertz CT molecular complexity index is 1250. The molecule has 1 atom stereocenters. The summed E-state index contributed by atoms with van der Waals surface area (Å²) < 4.78 is 39.6. The van der Waals surface area contributed by atoms with Gasteiger partial charge in [-0.25, -0.2) is 13.1 Å². The predicted octanol–water partition coefficient (Wildman–Crippen LogP) is 5.43. The van der Waals surface area contributed by atoms with E-state index in [0.717, 1.165) is 11.1 Å². The van der Waals surface area contributed by atoms with Crippen LogP contribution in [0.25, 0.3) is 5.57 Å². The van der Waals surface area contributed by atoms with Crippen molar-refractivity contribution in [2.75, 3.05) is 11.8 Å². The molecule has 31 heavy (non-hydrogen) atoms. The van der Waals surface area contributed by atoms with Gasteiger partial charge in [-0.1, -0.05) is 65.8 Å². The van der Waals surface area contributed by atoms with Gasteiger partial charge in [0, 0.05) is 0 Å². The van der Waals surface area contributed by atoms with Gasteiger partial charge in [-0.3, -0.25) is 0 Å². The molecule has 0 spiro atoms. The van der Waals surface area contributed by atoms with Crippen molar-refractivity contribution in [1.29, 1.82) is 0 Å². The largest absolute Gasteiger partial charge is 0.497 e. The molecule has 160 valence electrons. The van der Waals surface area contributed by atoms with Crippen molar-refractivity contribution in [3.05, 3.63) is 94.1 Å². The molecule has 1 heterocycles. The molecule has 0 bridgehead atoms. The lowest BCUT2D eigenvalue weighted by Crippen LogP contribution is -2.39.